The van der Waals surface area contributed by atoms with E-state index >= 15 is 0 Å². The first kappa shape index (κ1) is 13.5. The molecule has 2 N–H and O–H groups in total. The summed E-state index contributed by atoms with van der Waals surface area (Å²) in [6.45, 7) is 7.44. The number of carbonyl (C=O) groups is 1. The first-order valence-corrected chi connectivity index (χ1v) is 6.70. The minimum absolute atomic E-state index is 0.201. The Morgan fingerprint density at radius 1 is 1.19 bits per heavy atom. The smallest absolute Gasteiger partial charge is 0.221 e. The maximum absolute atomic E-state index is 11.5. The Morgan fingerprint density at radius 3 is 2.19 bits per heavy atom. The third-order valence-electron chi connectivity index (χ3n) is 3.82. The van der Waals surface area contributed by atoms with Gasteiger partial charge in [0, 0.05) is 24.5 Å². The molecule has 0 aromatic rings. The van der Waals surface area contributed by atoms with Crippen LogP contribution in [0.15, 0.2) is 0 Å². The molecule has 0 bridgehead atoms. The fourth-order valence-corrected chi connectivity index (χ4v) is 2.09. The van der Waals surface area contributed by atoms with Crippen LogP contribution in [0.1, 0.15) is 59.3 Å². The van der Waals surface area contributed by atoms with E-state index in [0.29, 0.717) is 12.5 Å². The van der Waals surface area contributed by atoms with Gasteiger partial charge in [0.15, 0.2) is 0 Å². The third kappa shape index (κ3) is 4.12. The maximum Gasteiger partial charge on any atom is 0.221 e. The quantitative estimate of drug-likeness (QED) is 0.666. The van der Waals surface area contributed by atoms with Gasteiger partial charge in [-0.25, -0.2) is 0 Å². The summed E-state index contributed by atoms with van der Waals surface area (Å²) in [7, 11) is 0. The standard InChI is InChI=1S/C13H26N2O/c1-4-13(5-2,6-3)14-10-9-12(16)15-11-7-8-11/h11,14H,4-10H2,1-3H3,(H,15,16). The van der Waals surface area contributed by atoms with E-state index < -0.39 is 0 Å². The zero-order valence-electron chi connectivity index (χ0n) is 10.9. The van der Waals surface area contributed by atoms with E-state index in [0.717, 1.165) is 25.8 Å². The Labute approximate surface area is 99.4 Å². The van der Waals surface area contributed by atoms with Crippen LogP contribution >= 0.6 is 0 Å². The van der Waals surface area contributed by atoms with Crippen LogP contribution in [0.25, 0.3) is 0 Å². The van der Waals surface area contributed by atoms with Crippen LogP contribution in [0.5, 0.6) is 0 Å². The summed E-state index contributed by atoms with van der Waals surface area (Å²) in [5.74, 6) is 0.201. The van der Waals surface area contributed by atoms with Gasteiger partial charge < -0.3 is 10.6 Å². The lowest BCUT2D eigenvalue weighted by Crippen LogP contribution is -2.45. The number of hydrogen-bond acceptors (Lipinski definition) is 2. The van der Waals surface area contributed by atoms with Crippen LogP contribution in [0.2, 0.25) is 0 Å². The number of hydrogen-bond donors (Lipinski definition) is 2. The summed E-state index contributed by atoms with van der Waals surface area (Å²) in [5, 5.41) is 6.56. The topological polar surface area (TPSA) is 41.1 Å². The molecule has 1 aliphatic carbocycles. The molecule has 94 valence electrons. The van der Waals surface area contributed by atoms with Crippen molar-refractivity contribution < 1.29 is 4.79 Å². The van der Waals surface area contributed by atoms with Crippen molar-refractivity contribution in [2.45, 2.75) is 70.9 Å². The van der Waals surface area contributed by atoms with Crippen LogP contribution in [0.3, 0.4) is 0 Å². The van der Waals surface area contributed by atoms with E-state index in [-0.39, 0.29) is 11.4 Å². The molecule has 0 aromatic carbocycles. The normalized spacial score (nSPS) is 16.2. The van der Waals surface area contributed by atoms with Crippen molar-refractivity contribution in [1.29, 1.82) is 0 Å². The monoisotopic (exact) mass is 226 g/mol. The minimum Gasteiger partial charge on any atom is -0.353 e. The van der Waals surface area contributed by atoms with E-state index in [1.807, 2.05) is 0 Å². The Kier molecular flexibility index (Phi) is 5.26. The number of carbonyl (C=O) groups excluding carboxylic acids is 1. The summed E-state index contributed by atoms with van der Waals surface area (Å²) in [6, 6.07) is 0.487. The van der Waals surface area contributed by atoms with E-state index in [1.54, 1.807) is 0 Å². The van der Waals surface area contributed by atoms with Crippen LogP contribution in [0.4, 0.5) is 0 Å². The summed E-state index contributed by atoms with van der Waals surface area (Å²) in [6.07, 6.45) is 6.33. The highest BCUT2D eigenvalue weighted by atomic mass is 16.1. The van der Waals surface area contributed by atoms with Crippen LogP contribution in [-0.4, -0.2) is 24.0 Å². The fraction of sp³-hybridized carbons (Fsp3) is 0.923. The molecule has 1 saturated carbocycles. The van der Waals surface area contributed by atoms with Crippen molar-refractivity contribution in [2.24, 2.45) is 0 Å². The molecule has 0 heterocycles. The van der Waals surface area contributed by atoms with E-state index in [2.05, 4.69) is 31.4 Å². The van der Waals surface area contributed by atoms with Crippen LogP contribution in [0, 0.1) is 0 Å². The van der Waals surface area contributed by atoms with Crippen molar-refractivity contribution >= 4 is 5.91 Å². The van der Waals surface area contributed by atoms with Gasteiger partial charge in [-0.1, -0.05) is 20.8 Å². The molecule has 0 saturated heterocycles. The predicted molar refractivity (Wildman–Crippen MR) is 67.4 cm³/mol. The second-order valence-electron chi connectivity index (χ2n) is 4.86. The zero-order valence-corrected chi connectivity index (χ0v) is 10.9. The average molecular weight is 226 g/mol. The lowest BCUT2D eigenvalue weighted by Gasteiger charge is -2.32. The highest BCUT2D eigenvalue weighted by molar-refractivity contribution is 5.76. The molecule has 3 heteroatoms. The summed E-state index contributed by atoms with van der Waals surface area (Å²) >= 11 is 0. The Morgan fingerprint density at radius 2 is 1.75 bits per heavy atom. The summed E-state index contributed by atoms with van der Waals surface area (Å²) in [5.41, 5.74) is 0.236. The van der Waals surface area contributed by atoms with Crippen molar-refractivity contribution in [2.75, 3.05) is 6.54 Å². The van der Waals surface area contributed by atoms with Gasteiger partial charge in [-0.3, -0.25) is 4.79 Å². The Bertz CT molecular complexity index is 212. The van der Waals surface area contributed by atoms with Gasteiger partial charge in [0.1, 0.15) is 0 Å². The van der Waals surface area contributed by atoms with Crippen molar-refractivity contribution in [3.63, 3.8) is 0 Å². The maximum atomic E-state index is 11.5. The fourth-order valence-electron chi connectivity index (χ4n) is 2.09. The molecule has 1 amide bonds. The zero-order chi connectivity index (χ0) is 12.0. The van der Waals surface area contributed by atoms with E-state index in [9.17, 15) is 4.79 Å². The number of amides is 1. The molecule has 0 unspecified atom stereocenters. The van der Waals surface area contributed by atoms with Crippen molar-refractivity contribution in [3.05, 3.63) is 0 Å². The molecule has 0 aliphatic heterocycles. The van der Waals surface area contributed by atoms with E-state index in [1.165, 1.54) is 12.8 Å². The lowest BCUT2D eigenvalue weighted by atomic mass is 9.90. The van der Waals surface area contributed by atoms with Crippen molar-refractivity contribution in [1.82, 2.24) is 10.6 Å². The lowest BCUT2D eigenvalue weighted by molar-refractivity contribution is -0.121. The van der Waals surface area contributed by atoms with Crippen LogP contribution < -0.4 is 10.6 Å². The molecule has 16 heavy (non-hydrogen) atoms. The molecule has 0 spiro atoms. The number of nitrogens with one attached hydrogen (secondary N) is 2. The Hall–Kier alpha value is -0.570. The minimum atomic E-state index is 0.201. The molecule has 1 rings (SSSR count). The van der Waals surface area contributed by atoms with Gasteiger partial charge in [0.2, 0.25) is 5.91 Å². The molecule has 0 aromatic heterocycles. The molecule has 0 radical (unpaired) electrons. The molecule has 0 atom stereocenters. The first-order chi connectivity index (χ1) is 7.65. The van der Waals surface area contributed by atoms with Gasteiger partial charge in [-0.05, 0) is 32.1 Å². The number of rotatable bonds is 8. The molecular weight excluding hydrogens is 200 g/mol. The highest BCUT2D eigenvalue weighted by Crippen LogP contribution is 2.20. The first-order valence-electron chi connectivity index (χ1n) is 6.70. The molecule has 1 aliphatic rings. The van der Waals surface area contributed by atoms with Gasteiger partial charge in [-0.15, -0.1) is 0 Å². The SMILES string of the molecule is CCC(CC)(CC)NCCC(=O)NC1CC1. The summed E-state index contributed by atoms with van der Waals surface area (Å²) in [4.78, 5) is 11.5. The van der Waals surface area contributed by atoms with Crippen LogP contribution in [-0.2, 0) is 4.79 Å². The van der Waals surface area contributed by atoms with E-state index in [4.69, 9.17) is 0 Å². The Balaban J connectivity index is 2.18. The van der Waals surface area contributed by atoms with Gasteiger partial charge in [-0.2, -0.15) is 0 Å². The third-order valence-corrected chi connectivity index (χ3v) is 3.82. The average Bonchev–Trinajstić information content (AvgIpc) is 3.09. The molecule has 3 nitrogen and oxygen atoms in total. The van der Waals surface area contributed by atoms with Gasteiger partial charge in [0.25, 0.3) is 0 Å². The second-order valence-corrected chi connectivity index (χ2v) is 4.86. The highest BCUT2D eigenvalue weighted by Gasteiger charge is 2.25. The molecule has 1 fully saturated rings. The molecular formula is C13H26N2O. The van der Waals surface area contributed by atoms with Gasteiger partial charge in [0.05, 0.1) is 0 Å². The second kappa shape index (κ2) is 6.24. The summed E-state index contributed by atoms with van der Waals surface area (Å²) < 4.78 is 0. The van der Waals surface area contributed by atoms with Crippen molar-refractivity contribution in [3.8, 4) is 0 Å². The predicted octanol–water partition coefficient (Wildman–Crippen LogP) is 2.21. The van der Waals surface area contributed by atoms with Gasteiger partial charge >= 0.3 is 0 Å². The largest absolute Gasteiger partial charge is 0.353 e.